The van der Waals surface area contributed by atoms with Gasteiger partial charge in [0.1, 0.15) is 0 Å². The lowest BCUT2D eigenvalue weighted by Gasteiger charge is -2.23. The van der Waals surface area contributed by atoms with E-state index in [2.05, 4.69) is 0 Å². The van der Waals surface area contributed by atoms with Crippen molar-refractivity contribution in [2.24, 2.45) is 0 Å². The second-order valence-corrected chi connectivity index (χ2v) is 10.2. The van der Waals surface area contributed by atoms with Gasteiger partial charge in [0.25, 0.3) is 0 Å². The van der Waals surface area contributed by atoms with E-state index in [0.717, 1.165) is 17.7 Å². The summed E-state index contributed by atoms with van der Waals surface area (Å²) in [5.74, 6) is -0.424. The number of hydrogen-bond donors (Lipinski definition) is 0. The van der Waals surface area contributed by atoms with Crippen LogP contribution in [0.3, 0.4) is 0 Å². The van der Waals surface area contributed by atoms with E-state index in [0.29, 0.717) is 10.7 Å². The third-order valence-corrected chi connectivity index (χ3v) is 7.62. The number of halogens is 4. The van der Waals surface area contributed by atoms with Crippen LogP contribution in [0.15, 0.2) is 42.5 Å². The molecular formula is C20H18ClF3N2O3S. The second kappa shape index (κ2) is 7.16. The lowest BCUT2D eigenvalue weighted by atomic mass is 10.1. The summed E-state index contributed by atoms with van der Waals surface area (Å²) in [6, 6.07) is 8.03. The van der Waals surface area contributed by atoms with Gasteiger partial charge in [-0.3, -0.25) is 4.90 Å². The van der Waals surface area contributed by atoms with E-state index in [9.17, 15) is 26.4 Å². The molecule has 0 saturated carbocycles. The van der Waals surface area contributed by atoms with Gasteiger partial charge in [0.05, 0.1) is 29.2 Å². The zero-order chi connectivity index (χ0) is 21.8. The Hall–Kier alpha value is -2.26. The van der Waals surface area contributed by atoms with E-state index < -0.39 is 39.7 Å². The van der Waals surface area contributed by atoms with Crippen LogP contribution in [0, 0.1) is 6.92 Å². The number of alkyl halides is 3. The first-order valence-electron chi connectivity index (χ1n) is 9.19. The lowest BCUT2D eigenvalue weighted by Crippen LogP contribution is -2.37. The molecule has 4 rings (SSSR count). The number of carbonyl (C=O) groups is 1. The van der Waals surface area contributed by atoms with Crippen molar-refractivity contribution in [3.8, 4) is 0 Å². The van der Waals surface area contributed by atoms with E-state index in [1.807, 2.05) is 0 Å². The minimum absolute atomic E-state index is 0.116. The number of urea groups is 1. The summed E-state index contributed by atoms with van der Waals surface area (Å²) in [6.07, 6.45) is -4.51. The molecule has 0 aromatic heterocycles. The normalized spacial score (nSPS) is 23.2. The van der Waals surface area contributed by atoms with Crippen molar-refractivity contribution in [2.75, 3.05) is 16.4 Å². The highest BCUT2D eigenvalue weighted by molar-refractivity contribution is 7.91. The van der Waals surface area contributed by atoms with Gasteiger partial charge in [0, 0.05) is 17.3 Å². The molecule has 0 bridgehead atoms. The maximum absolute atomic E-state index is 13.2. The summed E-state index contributed by atoms with van der Waals surface area (Å²) in [4.78, 5) is 15.9. The molecule has 2 aromatic carbocycles. The summed E-state index contributed by atoms with van der Waals surface area (Å²) in [7, 11) is -3.39. The number of rotatable bonds is 3. The molecule has 30 heavy (non-hydrogen) atoms. The number of sulfone groups is 1. The standard InChI is InChI=1S/C20H18ClF3N2O3S/c1-12-5-6-15(8-16(12)21)26-18-11-30(28,29)10-17(18)25(19(26)27)9-13-3-2-4-14(7-13)20(22,23)24/h2-8,17-18H,9-11H2,1H3/t17-,18-/m1/s1. The number of aryl methyl sites for hydroxylation is 1. The van der Waals surface area contributed by atoms with Crippen LogP contribution >= 0.6 is 11.6 Å². The van der Waals surface area contributed by atoms with Crippen molar-refractivity contribution in [1.82, 2.24) is 4.90 Å². The van der Waals surface area contributed by atoms with E-state index in [1.54, 1.807) is 25.1 Å². The Morgan fingerprint density at radius 1 is 1.10 bits per heavy atom. The van der Waals surface area contributed by atoms with Crippen LogP contribution in [0.1, 0.15) is 16.7 Å². The van der Waals surface area contributed by atoms with Gasteiger partial charge in [-0.2, -0.15) is 13.2 Å². The van der Waals surface area contributed by atoms with Crippen LogP contribution in [-0.4, -0.2) is 42.9 Å². The molecule has 0 unspecified atom stereocenters. The lowest BCUT2D eigenvalue weighted by molar-refractivity contribution is -0.137. The number of anilines is 1. The van der Waals surface area contributed by atoms with Gasteiger partial charge >= 0.3 is 12.2 Å². The third-order valence-electron chi connectivity index (χ3n) is 5.52. The van der Waals surface area contributed by atoms with Crippen LogP contribution in [0.4, 0.5) is 23.7 Å². The fourth-order valence-electron chi connectivity index (χ4n) is 4.04. The smallest absolute Gasteiger partial charge is 0.314 e. The van der Waals surface area contributed by atoms with Crippen molar-refractivity contribution in [3.05, 3.63) is 64.2 Å². The molecule has 2 heterocycles. The van der Waals surface area contributed by atoms with Gasteiger partial charge < -0.3 is 4.90 Å². The minimum atomic E-state index is -4.51. The Morgan fingerprint density at radius 3 is 2.47 bits per heavy atom. The molecule has 160 valence electrons. The molecule has 2 saturated heterocycles. The molecule has 2 aromatic rings. The molecule has 0 N–H and O–H groups in total. The summed E-state index contributed by atoms with van der Waals surface area (Å²) >= 11 is 6.19. The highest BCUT2D eigenvalue weighted by Crippen LogP contribution is 2.37. The molecule has 2 aliphatic rings. The van der Waals surface area contributed by atoms with Gasteiger partial charge in [-0.15, -0.1) is 0 Å². The molecule has 5 nitrogen and oxygen atoms in total. The van der Waals surface area contributed by atoms with E-state index in [-0.39, 0.29) is 23.6 Å². The molecule has 0 aliphatic carbocycles. The van der Waals surface area contributed by atoms with Crippen LogP contribution in [0.5, 0.6) is 0 Å². The first-order chi connectivity index (χ1) is 14.0. The van der Waals surface area contributed by atoms with Crippen LogP contribution < -0.4 is 4.90 Å². The molecule has 2 amide bonds. The van der Waals surface area contributed by atoms with Crippen molar-refractivity contribution < 1.29 is 26.4 Å². The van der Waals surface area contributed by atoms with E-state index in [1.165, 1.54) is 21.9 Å². The zero-order valence-corrected chi connectivity index (χ0v) is 17.4. The topological polar surface area (TPSA) is 57.7 Å². The Kier molecular flexibility index (Phi) is 5.01. The first-order valence-corrected chi connectivity index (χ1v) is 11.4. The fourth-order valence-corrected chi connectivity index (χ4v) is 6.16. The van der Waals surface area contributed by atoms with Crippen molar-refractivity contribution in [3.63, 3.8) is 0 Å². The Balaban J connectivity index is 1.70. The minimum Gasteiger partial charge on any atom is -0.314 e. The van der Waals surface area contributed by atoms with Crippen molar-refractivity contribution in [2.45, 2.75) is 31.7 Å². The van der Waals surface area contributed by atoms with Gasteiger partial charge in [-0.1, -0.05) is 29.8 Å². The number of amides is 2. The summed E-state index contributed by atoms with van der Waals surface area (Å²) in [5, 5.41) is 0.439. The van der Waals surface area contributed by atoms with Gasteiger partial charge in [-0.05, 0) is 42.3 Å². The highest BCUT2D eigenvalue weighted by Gasteiger charge is 2.53. The molecule has 0 spiro atoms. The maximum Gasteiger partial charge on any atom is 0.416 e. The van der Waals surface area contributed by atoms with Crippen molar-refractivity contribution in [1.29, 1.82) is 0 Å². The number of fused-ring (bicyclic) bond motifs is 1. The number of nitrogens with zero attached hydrogens (tertiary/aromatic N) is 2. The molecule has 10 heteroatoms. The Morgan fingerprint density at radius 2 is 1.80 bits per heavy atom. The Labute approximate surface area is 177 Å². The monoisotopic (exact) mass is 458 g/mol. The Bertz CT molecular complexity index is 1120. The number of carbonyl (C=O) groups excluding carboxylic acids is 1. The molecular weight excluding hydrogens is 441 g/mol. The first kappa shape index (κ1) is 21.0. The van der Waals surface area contributed by atoms with Gasteiger partial charge in [0.2, 0.25) is 0 Å². The van der Waals surface area contributed by atoms with Crippen LogP contribution in [0.2, 0.25) is 5.02 Å². The highest BCUT2D eigenvalue weighted by atomic mass is 35.5. The van der Waals surface area contributed by atoms with E-state index >= 15 is 0 Å². The fraction of sp³-hybridized carbons (Fsp3) is 0.350. The molecule has 2 aliphatic heterocycles. The van der Waals surface area contributed by atoms with E-state index in [4.69, 9.17) is 11.6 Å². The van der Waals surface area contributed by atoms with Crippen molar-refractivity contribution >= 4 is 33.2 Å². The SMILES string of the molecule is Cc1ccc(N2C(=O)N(Cc3cccc(C(F)(F)F)c3)[C@@H]3CS(=O)(=O)C[C@H]32)cc1Cl. The second-order valence-electron chi connectivity index (χ2n) is 7.62. The van der Waals surface area contributed by atoms with Gasteiger partial charge in [-0.25, -0.2) is 13.2 Å². The quantitative estimate of drug-likeness (QED) is 0.645. The average Bonchev–Trinajstić information content (AvgIpc) is 3.08. The summed E-state index contributed by atoms with van der Waals surface area (Å²) < 4.78 is 63.7. The van der Waals surface area contributed by atoms with Crippen LogP contribution in [-0.2, 0) is 22.6 Å². The zero-order valence-electron chi connectivity index (χ0n) is 15.9. The largest absolute Gasteiger partial charge is 0.416 e. The summed E-state index contributed by atoms with van der Waals surface area (Å²) in [6.45, 7) is 1.69. The summed E-state index contributed by atoms with van der Waals surface area (Å²) in [5.41, 5.74) is 0.743. The predicted octanol–water partition coefficient (Wildman–Crippen LogP) is 4.28. The molecule has 2 fully saturated rings. The average molecular weight is 459 g/mol. The molecule has 2 atom stereocenters. The number of benzene rings is 2. The molecule has 0 radical (unpaired) electrons. The third kappa shape index (κ3) is 3.76. The number of hydrogen-bond acceptors (Lipinski definition) is 3. The van der Waals surface area contributed by atoms with Crippen LogP contribution in [0.25, 0.3) is 0 Å². The predicted molar refractivity (Wildman–Crippen MR) is 107 cm³/mol. The van der Waals surface area contributed by atoms with Gasteiger partial charge in [0.15, 0.2) is 9.84 Å². The maximum atomic E-state index is 13.2.